The molecular weight excluding hydrogens is 990 g/mol. The van der Waals surface area contributed by atoms with Gasteiger partial charge in [-0.25, -0.2) is 4.57 Å². The van der Waals surface area contributed by atoms with Crippen LogP contribution < -0.4 is 5.73 Å². The van der Waals surface area contributed by atoms with Crippen molar-refractivity contribution >= 4 is 19.8 Å². The topological polar surface area (TPSA) is 134 Å². The molecule has 78 heavy (non-hydrogen) atoms. The van der Waals surface area contributed by atoms with Crippen LogP contribution in [0.15, 0.2) is 97.2 Å². The van der Waals surface area contributed by atoms with Gasteiger partial charge in [0.05, 0.1) is 13.2 Å². The molecule has 450 valence electrons. The third-order valence-corrected chi connectivity index (χ3v) is 14.7. The highest BCUT2D eigenvalue weighted by Gasteiger charge is 2.26. The Balaban J connectivity index is 3.99. The molecule has 0 bridgehead atoms. The molecular formula is C68H120NO8P. The summed E-state index contributed by atoms with van der Waals surface area (Å²) >= 11 is 0. The van der Waals surface area contributed by atoms with Crippen molar-refractivity contribution < 1.29 is 37.6 Å². The summed E-state index contributed by atoms with van der Waals surface area (Å²) in [5, 5.41) is 0. The molecule has 0 aliphatic heterocycles. The van der Waals surface area contributed by atoms with E-state index in [9.17, 15) is 19.0 Å². The number of rotatable bonds is 60. The van der Waals surface area contributed by atoms with Crippen LogP contribution in [0.2, 0.25) is 0 Å². The Morgan fingerprint density at radius 3 is 1.05 bits per heavy atom. The van der Waals surface area contributed by atoms with Gasteiger partial charge in [0.15, 0.2) is 6.10 Å². The van der Waals surface area contributed by atoms with Gasteiger partial charge in [0, 0.05) is 19.4 Å². The summed E-state index contributed by atoms with van der Waals surface area (Å²) in [4.78, 5) is 35.3. The smallest absolute Gasteiger partial charge is 0.462 e. The van der Waals surface area contributed by atoms with Gasteiger partial charge in [0.25, 0.3) is 0 Å². The Morgan fingerprint density at radius 1 is 0.397 bits per heavy atom. The van der Waals surface area contributed by atoms with Crippen LogP contribution in [0.5, 0.6) is 0 Å². The Hall–Kier alpha value is -3.07. The second kappa shape index (κ2) is 63.1. The summed E-state index contributed by atoms with van der Waals surface area (Å²) in [6, 6.07) is 0. The van der Waals surface area contributed by atoms with Crippen molar-refractivity contribution in [2.75, 3.05) is 26.4 Å². The largest absolute Gasteiger partial charge is 0.472 e. The van der Waals surface area contributed by atoms with Gasteiger partial charge in [-0.1, -0.05) is 297 Å². The van der Waals surface area contributed by atoms with Crippen LogP contribution in [0.4, 0.5) is 0 Å². The number of phosphoric acid groups is 1. The number of nitrogens with two attached hydrogens (primary N) is 1. The molecule has 0 spiro atoms. The van der Waals surface area contributed by atoms with Crippen LogP contribution in [-0.2, 0) is 32.7 Å². The lowest BCUT2D eigenvalue weighted by Crippen LogP contribution is -2.29. The predicted octanol–water partition coefficient (Wildman–Crippen LogP) is 20.8. The molecule has 0 amide bonds. The minimum absolute atomic E-state index is 0.0452. The quantitative estimate of drug-likeness (QED) is 0.0264. The zero-order valence-corrected chi connectivity index (χ0v) is 51.3. The Labute approximate surface area is 480 Å². The molecule has 2 atom stereocenters. The minimum atomic E-state index is -4.40. The lowest BCUT2D eigenvalue weighted by atomic mass is 10.0. The first-order valence-electron chi connectivity index (χ1n) is 32.2. The number of esters is 2. The molecule has 0 aromatic rings. The monoisotopic (exact) mass is 1110 g/mol. The molecule has 0 heterocycles. The number of carbonyl (C=O) groups excluding carboxylic acids is 2. The van der Waals surface area contributed by atoms with Crippen molar-refractivity contribution in [2.45, 2.75) is 296 Å². The second-order valence-electron chi connectivity index (χ2n) is 21.3. The van der Waals surface area contributed by atoms with Gasteiger partial charge < -0.3 is 20.1 Å². The normalized spacial score (nSPS) is 13.6. The fourth-order valence-electron chi connectivity index (χ4n) is 9.01. The van der Waals surface area contributed by atoms with E-state index in [0.29, 0.717) is 6.42 Å². The van der Waals surface area contributed by atoms with Gasteiger partial charge >= 0.3 is 19.8 Å². The lowest BCUT2D eigenvalue weighted by molar-refractivity contribution is -0.161. The summed E-state index contributed by atoms with van der Waals surface area (Å²) in [7, 11) is -4.40. The van der Waals surface area contributed by atoms with E-state index in [-0.39, 0.29) is 38.6 Å². The summed E-state index contributed by atoms with van der Waals surface area (Å²) in [6.07, 6.45) is 84.8. The molecule has 0 rings (SSSR count). The highest BCUT2D eigenvalue weighted by atomic mass is 31.2. The number of carbonyl (C=O) groups is 2. The van der Waals surface area contributed by atoms with E-state index in [4.69, 9.17) is 24.3 Å². The second-order valence-corrected chi connectivity index (χ2v) is 22.7. The number of allylic oxidation sites excluding steroid dienone is 16. The van der Waals surface area contributed by atoms with Gasteiger partial charge in [-0.2, -0.15) is 0 Å². The molecule has 2 unspecified atom stereocenters. The molecule has 0 saturated heterocycles. The van der Waals surface area contributed by atoms with E-state index in [1.807, 2.05) is 0 Å². The molecule has 0 aliphatic rings. The van der Waals surface area contributed by atoms with Crippen LogP contribution in [0.3, 0.4) is 0 Å². The van der Waals surface area contributed by atoms with E-state index in [0.717, 1.165) is 96.3 Å². The molecule has 0 saturated carbocycles. The summed E-state index contributed by atoms with van der Waals surface area (Å²) < 4.78 is 33.1. The molecule has 0 aromatic heterocycles. The third kappa shape index (κ3) is 62.1. The highest BCUT2D eigenvalue weighted by molar-refractivity contribution is 7.47. The molecule has 0 aromatic carbocycles. The van der Waals surface area contributed by atoms with E-state index in [1.54, 1.807) is 0 Å². The minimum Gasteiger partial charge on any atom is -0.462 e. The lowest BCUT2D eigenvalue weighted by Gasteiger charge is -2.19. The van der Waals surface area contributed by atoms with Crippen molar-refractivity contribution in [2.24, 2.45) is 5.73 Å². The maximum absolute atomic E-state index is 12.7. The fourth-order valence-corrected chi connectivity index (χ4v) is 9.77. The first-order chi connectivity index (χ1) is 38.3. The average molecular weight is 1110 g/mol. The van der Waals surface area contributed by atoms with Crippen molar-refractivity contribution in [3.8, 4) is 0 Å². The van der Waals surface area contributed by atoms with Crippen molar-refractivity contribution in [1.29, 1.82) is 0 Å². The van der Waals surface area contributed by atoms with Gasteiger partial charge in [-0.15, -0.1) is 0 Å². The molecule has 3 N–H and O–H groups in total. The van der Waals surface area contributed by atoms with Crippen LogP contribution >= 0.6 is 7.82 Å². The Morgan fingerprint density at radius 2 is 0.705 bits per heavy atom. The summed E-state index contributed by atoms with van der Waals surface area (Å²) in [5.74, 6) is -0.852. The number of unbranched alkanes of at least 4 members (excludes halogenated alkanes) is 31. The predicted molar refractivity (Wildman–Crippen MR) is 335 cm³/mol. The molecule has 0 fully saturated rings. The Kier molecular flexibility index (Phi) is 60.6. The maximum atomic E-state index is 12.7. The summed E-state index contributed by atoms with van der Waals surface area (Å²) in [6.45, 7) is 3.63. The molecule has 0 radical (unpaired) electrons. The van der Waals surface area contributed by atoms with Crippen molar-refractivity contribution in [3.63, 3.8) is 0 Å². The maximum Gasteiger partial charge on any atom is 0.472 e. The first kappa shape index (κ1) is 74.9. The van der Waals surface area contributed by atoms with Gasteiger partial charge in [0.2, 0.25) is 0 Å². The number of hydrogen-bond acceptors (Lipinski definition) is 8. The molecule has 9 nitrogen and oxygen atoms in total. The highest BCUT2D eigenvalue weighted by Crippen LogP contribution is 2.43. The summed E-state index contributed by atoms with van der Waals surface area (Å²) in [5.41, 5.74) is 5.39. The Bertz CT molecular complexity index is 1600. The number of ether oxygens (including phenoxy) is 2. The SMILES string of the molecule is CC/C=C\C/C=C\C/C=C\C/C=C\C/C=C\C/C=C\C/C=C\C/C=C\CCCCCCC(=O)OC(COC(=O)CCCCCCCCCCCCCCCCCCCCCCCCCCCCCC)COP(=O)(O)OCCN. The van der Waals surface area contributed by atoms with E-state index in [2.05, 4.69) is 111 Å². The standard InChI is InChI=1S/C68H120NO8P/c1-3-5-7-9-11-13-15-17-19-21-23-25-27-29-31-33-35-37-39-41-43-45-47-49-51-53-55-57-59-61-68(71)77-66(65-76-78(72,73)75-63-62-69)64-74-67(70)60-58-56-54-52-50-48-46-44-42-40-38-36-34-32-30-28-26-24-22-20-18-16-14-12-10-8-6-4-2/h5,7,11,13,17,19,23,25,29,31,35,37,41,43,47,49,66H,3-4,6,8-10,12,14-16,18,20-22,24,26-28,30,32-34,36,38-40,42,44-46,48,50-65,69H2,1-2H3,(H,72,73)/b7-5-,13-11-,19-17-,25-23-,31-29-,37-35-,43-41-,49-47-. The molecule has 10 heteroatoms. The third-order valence-electron chi connectivity index (χ3n) is 13.7. The number of hydrogen-bond donors (Lipinski definition) is 2. The number of phosphoric ester groups is 1. The van der Waals surface area contributed by atoms with Crippen molar-refractivity contribution in [1.82, 2.24) is 0 Å². The van der Waals surface area contributed by atoms with E-state index in [1.165, 1.54) is 161 Å². The van der Waals surface area contributed by atoms with Gasteiger partial charge in [-0.3, -0.25) is 18.6 Å². The van der Waals surface area contributed by atoms with E-state index >= 15 is 0 Å². The van der Waals surface area contributed by atoms with Gasteiger partial charge in [0.1, 0.15) is 6.61 Å². The van der Waals surface area contributed by atoms with Crippen LogP contribution in [0, 0.1) is 0 Å². The zero-order valence-electron chi connectivity index (χ0n) is 50.4. The molecule has 0 aliphatic carbocycles. The fraction of sp³-hybridized carbons (Fsp3) is 0.735. The van der Waals surface area contributed by atoms with Crippen LogP contribution in [0.25, 0.3) is 0 Å². The van der Waals surface area contributed by atoms with Crippen LogP contribution in [0.1, 0.15) is 290 Å². The van der Waals surface area contributed by atoms with Crippen LogP contribution in [-0.4, -0.2) is 49.3 Å². The average Bonchev–Trinajstić information content (AvgIpc) is 3.43. The first-order valence-corrected chi connectivity index (χ1v) is 33.7. The van der Waals surface area contributed by atoms with Crippen molar-refractivity contribution in [3.05, 3.63) is 97.2 Å². The van der Waals surface area contributed by atoms with E-state index < -0.39 is 26.5 Å². The zero-order chi connectivity index (χ0) is 56.6. The van der Waals surface area contributed by atoms with Gasteiger partial charge in [-0.05, 0) is 77.0 Å².